The van der Waals surface area contributed by atoms with Crippen LogP contribution >= 0.6 is 0 Å². The number of carbonyl (C=O) groups is 4. The molecule has 0 saturated carbocycles. The Morgan fingerprint density at radius 2 is 1.68 bits per heavy atom. The molecule has 2 fully saturated rings. The number of alkyl carbamates (subject to hydrolysis) is 2. The highest BCUT2D eigenvalue weighted by molar-refractivity contribution is 6.07. The molecule has 15 nitrogen and oxygen atoms in total. The van der Waals surface area contributed by atoms with Gasteiger partial charge in [-0.05, 0) is 78.9 Å². The number of likely N-dealkylation sites (tertiary alicyclic amines) is 2. The Morgan fingerprint density at radius 1 is 0.887 bits per heavy atom. The number of nitrogens with zero attached hydrogens (tertiary/aromatic N) is 4. The van der Waals surface area contributed by atoms with Gasteiger partial charge in [0, 0.05) is 23.5 Å². The second-order valence-electron chi connectivity index (χ2n) is 13.7. The van der Waals surface area contributed by atoms with E-state index in [2.05, 4.69) is 71.5 Å². The summed E-state index contributed by atoms with van der Waals surface area (Å²) in [5.41, 5.74) is 6.60. The quantitative estimate of drug-likeness (QED) is 0.178. The van der Waals surface area contributed by atoms with Gasteiger partial charge in [-0.2, -0.15) is 0 Å². The number of carbonyl (C=O) groups excluding carboxylic acids is 4. The second kappa shape index (κ2) is 13.8. The number of nitrogens with one attached hydrogen (secondary N) is 4. The van der Waals surface area contributed by atoms with E-state index in [-0.39, 0.29) is 43.0 Å². The number of imidazole rings is 2. The van der Waals surface area contributed by atoms with E-state index in [1.165, 1.54) is 14.2 Å². The molecular formula is C38H40N8O7. The van der Waals surface area contributed by atoms with E-state index < -0.39 is 12.2 Å². The average molecular weight is 721 g/mol. The Labute approximate surface area is 304 Å². The van der Waals surface area contributed by atoms with E-state index >= 15 is 0 Å². The van der Waals surface area contributed by atoms with Crippen molar-refractivity contribution in [2.24, 2.45) is 0 Å². The Bertz CT molecular complexity index is 2260. The SMILES string of the molecule is COC(=O)NCC(=O)N1CCC[C@H]1c1nc2ccc3cc4c(cc3c2[nH]1)OCc1cc(-c2cnc(C3CC[C@H](C)N3C(=O)CNC(=O)OC)[nH]2)ccc1-4. The molecule has 2 aromatic heterocycles. The second-order valence-corrected chi connectivity index (χ2v) is 13.7. The van der Waals surface area contributed by atoms with Crippen molar-refractivity contribution in [3.05, 3.63) is 65.9 Å². The first-order valence-corrected chi connectivity index (χ1v) is 17.7. The lowest BCUT2D eigenvalue weighted by atomic mass is 9.92. The Kier molecular flexibility index (Phi) is 8.84. The largest absolute Gasteiger partial charge is 0.488 e. The predicted molar refractivity (Wildman–Crippen MR) is 194 cm³/mol. The van der Waals surface area contributed by atoms with Crippen LogP contribution in [0.5, 0.6) is 5.75 Å². The Balaban J connectivity index is 1.03. The van der Waals surface area contributed by atoms with Crippen molar-refractivity contribution in [1.82, 2.24) is 40.4 Å². The number of methoxy groups -OCH3 is 2. The van der Waals surface area contributed by atoms with Crippen molar-refractivity contribution in [1.29, 1.82) is 0 Å². The smallest absolute Gasteiger partial charge is 0.407 e. The van der Waals surface area contributed by atoms with Crippen LogP contribution in [0.4, 0.5) is 9.59 Å². The fourth-order valence-corrected chi connectivity index (χ4v) is 7.95. The molecule has 4 N–H and O–H groups in total. The standard InChI is InChI=1S/C38H40N8O7/c1-20-6-11-30(46(20)33(48)18-41-38(50)52-3)35-39-16-28(43-35)22-7-9-24-23(13-22)19-53-31-15-25-21(14-26(24)31)8-10-27-34(25)44-36(42-27)29-5-4-12-45(29)32(47)17-40-37(49)51-2/h7-10,13-16,20,29-30H,4-6,11-12,17-19H2,1-3H3,(H,39,43)(H,40,49)(H,41,50)(H,42,44)/t20-,29-,30?/m0/s1. The van der Waals surface area contributed by atoms with Crippen molar-refractivity contribution in [2.75, 3.05) is 33.9 Å². The van der Waals surface area contributed by atoms with E-state index in [9.17, 15) is 19.2 Å². The van der Waals surface area contributed by atoms with Gasteiger partial charge in [0.15, 0.2) is 0 Å². The van der Waals surface area contributed by atoms with Gasteiger partial charge in [0.1, 0.15) is 37.1 Å². The number of ether oxygens (including phenoxy) is 3. The maximum Gasteiger partial charge on any atom is 0.407 e. The summed E-state index contributed by atoms with van der Waals surface area (Å²) in [7, 11) is 2.53. The van der Waals surface area contributed by atoms with Gasteiger partial charge in [0.2, 0.25) is 11.8 Å². The van der Waals surface area contributed by atoms with E-state index in [1.54, 1.807) is 16.0 Å². The number of fused-ring (bicyclic) bond motifs is 6. The van der Waals surface area contributed by atoms with Crippen LogP contribution < -0.4 is 15.4 Å². The molecule has 1 unspecified atom stereocenters. The normalized spacial score (nSPS) is 19.1. The molecule has 0 radical (unpaired) electrons. The molecule has 4 amide bonds. The lowest BCUT2D eigenvalue weighted by Gasteiger charge is -2.27. The van der Waals surface area contributed by atoms with E-state index in [0.717, 1.165) is 81.2 Å². The molecule has 5 aromatic rings. The van der Waals surface area contributed by atoms with E-state index in [0.29, 0.717) is 24.8 Å². The van der Waals surface area contributed by atoms with Crippen molar-refractivity contribution in [3.63, 3.8) is 0 Å². The Hall–Kier alpha value is -6.12. The summed E-state index contributed by atoms with van der Waals surface area (Å²) in [6.45, 7) is 2.70. The molecule has 3 atom stereocenters. The highest BCUT2D eigenvalue weighted by atomic mass is 16.5. The molecule has 0 spiro atoms. The zero-order valence-electron chi connectivity index (χ0n) is 29.7. The maximum atomic E-state index is 13.0. The van der Waals surface area contributed by atoms with Crippen LogP contribution in [0.3, 0.4) is 0 Å². The van der Waals surface area contributed by atoms with Crippen LogP contribution in [0.15, 0.2) is 48.7 Å². The van der Waals surface area contributed by atoms with Crippen LogP contribution in [0.1, 0.15) is 61.9 Å². The van der Waals surface area contributed by atoms with Crippen molar-refractivity contribution in [2.45, 2.75) is 57.3 Å². The first kappa shape index (κ1) is 34.0. The van der Waals surface area contributed by atoms with Crippen LogP contribution in [-0.4, -0.2) is 93.6 Å². The van der Waals surface area contributed by atoms with Gasteiger partial charge in [-0.15, -0.1) is 0 Å². The topological polar surface area (TPSA) is 184 Å². The zero-order valence-corrected chi connectivity index (χ0v) is 29.7. The summed E-state index contributed by atoms with van der Waals surface area (Å²) in [6, 6.07) is 14.1. The first-order chi connectivity index (χ1) is 25.7. The fourth-order valence-electron chi connectivity index (χ4n) is 7.95. The molecule has 3 aliphatic heterocycles. The van der Waals surface area contributed by atoms with E-state index in [1.807, 2.05) is 13.0 Å². The van der Waals surface area contributed by atoms with Crippen molar-refractivity contribution in [3.8, 4) is 28.1 Å². The van der Waals surface area contributed by atoms with Crippen LogP contribution in [-0.2, 0) is 25.7 Å². The van der Waals surface area contributed by atoms with Gasteiger partial charge >= 0.3 is 12.2 Å². The molecule has 0 bridgehead atoms. The third-order valence-corrected chi connectivity index (χ3v) is 10.6. The lowest BCUT2D eigenvalue weighted by molar-refractivity contribution is -0.133. The van der Waals surface area contributed by atoms with Gasteiger partial charge in [0.05, 0.1) is 49.2 Å². The van der Waals surface area contributed by atoms with Gasteiger partial charge in [-0.1, -0.05) is 18.2 Å². The molecule has 53 heavy (non-hydrogen) atoms. The molecule has 274 valence electrons. The third-order valence-electron chi connectivity index (χ3n) is 10.6. The molecule has 8 rings (SSSR count). The summed E-state index contributed by atoms with van der Waals surface area (Å²) in [4.78, 5) is 69.1. The number of hydrogen-bond donors (Lipinski definition) is 4. The number of aromatic amines is 2. The lowest BCUT2D eigenvalue weighted by Crippen LogP contribution is -2.43. The van der Waals surface area contributed by atoms with Crippen molar-refractivity contribution >= 4 is 45.8 Å². The zero-order chi connectivity index (χ0) is 36.8. The minimum Gasteiger partial charge on any atom is -0.488 e. The summed E-state index contributed by atoms with van der Waals surface area (Å²) >= 11 is 0. The molecule has 3 aliphatic rings. The molecule has 2 saturated heterocycles. The minimum atomic E-state index is -0.644. The Morgan fingerprint density at radius 3 is 2.47 bits per heavy atom. The summed E-state index contributed by atoms with van der Waals surface area (Å²) in [5.74, 6) is 1.82. The average Bonchev–Trinajstić information content (AvgIpc) is 4.00. The summed E-state index contributed by atoms with van der Waals surface area (Å²) in [6.07, 6.45) is 3.72. The number of benzene rings is 3. The maximum absolute atomic E-state index is 13.0. The number of hydrogen-bond acceptors (Lipinski definition) is 9. The molecule has 5 heterocycles. The van der Waals surface area contributed by atoms with Gasteiger partial charge in [0.25, 0.3) is 0 Å². The third kappa shape index (κ3) is 6.25. The number of rotatable bonds is 7. The molecule has 3 aromatic carbocycles. The molecule has 15 heteroatoms. The van der Waals surface area contributed by atoms with Gasteiger partial charge < -0.3 is 44.6 Å². The first-order valence-electron chi connectivity index (χ1n) is 17.7. The molecular weight excluding hydrogens is 680 g/mol. The van der Waals surface area contributed by atoms with Crippen LogP contribution in [0, 0.1) is 0 Å². The minimum absolute atomic E-state index is 0.0143. The predicted octanol–water partition coefficient (Wildman–Crippen LogP) is 5.09. The van der Waals surface area contributed by atoms with Gasteiger partial charge in [-0.3, -0.25) is 9.59 Å². The number of H-pyrrole nitrogens is 2. The van der Waals surface area contributed by atoms with E-state index in [4.69, 9.17) is 9.72 Å². The highest BCUT2D eigenvalue weighted by Gasteiger charge is 2.37. The van der Waals surface area contributed by atoms with Gasteiger partial charge in [-0.25, -0.2) is 19.6 Å². The summed E-state index contributed by atoms with van der Waals surface area (Å²) < 4.78 is 15.6. The summed E-state index contributed by atoms with van der Waals surface area (Å²) in [5, 5.41) is 6.97. The van der Waals surface area contributed by atoms with Crippen molar-refractivity contribution < 1.29 is 33.4 Å². The van der Waals surface area contributed by atoms with Crippen LogP contribution in [0.25, 0.3) is 44.2 Å². The number of aromatic nitrogens is 4. The highest BCUT2D eigenvalue weighted by Crippen LogP contribution is 2.43. The molecule has 0 aliphatic carbocycles. The fraction of sp³-hybridized carbons (Fsp3) is 0.368. The number of amides is 4. The van der Waals surface area contributed by atoms with Crippen LogP contribution in [0.2, 0.25) is 0 Å². The monoisotopic (exact) mass is 720 g/mol.